The van der Waals surface area contributed by atoms with Crippen molar-refractivity contribution in [1.29, 1.82) is 0 Å². The molecule has 148 valence electrons. The van der Waals surface area contributed by atoms with E-state index in [9.17, 15) is 14.4 Å². The predicted octanol–water partition coefficient (Wildman–Crippen LogP) is 2.80. The molecule has 1 unspecified atom stereocenters. The lowest BCUT2D eigenvalue weighted by Gasteiger charge is -2.22. The summed E-state index contributed by atoms with van der Waals surface area (Å²) in [7, 11) is 2.95. The molecule has 1 aromatic heterocycles. The summed E-state index contributed by atoms with van der Waals surface area (Å²) in [6.45, 7) is 0.0635. The number of amides is 1. The van der Waals surface area contributed by atoms with E-state index in [2.05, 4.69) is 0 Å². The van der Waals surface area contributed by atoms with Crippen LogP contribution in [0.25, 0.3) is 0 Å². The highest BCUT2D eigenvalue weighted by molar-refractivity contribution is 7.12. The van der Waals surface area contributed by atoms with Gasteiger partial charge in [-0.3, -0.25) is 9.59 Å². The van der Waals surface area contributed by atoms with Gasteiger partial charge < -0.3 is 19.1 Å². The molecule has 1 atom stereocenters. The van der Waals surface area contributed by atoms with E-state index in [4.69, 9.17) is 14.2 Å². The number of carbonyl (C=O) groups is 3. The maximum atomic E-state index is 12.6. The van der Waals surface area contributed by atoms with Crippen LogP contribution in [-0.4, -0.2) is 56.0 Å². The number of ether oxygens (including phenoxy) is 3. The van der Waals surface area contributed by atoms with Gasteiger partial charge in [-0.25, -0.2) is 4.79 Å². The Morgan fingerprint density at radius 3 is 2.68 bits per heavy atom. The van der Waals surface area contributed by atoms with E-state index in [1.807, 2.05) is 5.38 Å². The molecule has 1 aliphatic rings. The zero-order valence-corrected chi connectivity index (χ0v) is 16.5. The van der Waals surface area contributed by atoms with Gasteiger partial charge in [-0.05, 0) is 42.5 Å². The Bertz CT molecular complexity index is 864. The molecule has 0 saturated carbocycles. The first-order valence-electron chi connectivity index (χ1n) is 8.81. The van der Waals surface area contributed by atoms with E-state index >= 15 is 0 Å². The Hall–Kier alpha value is -2.87. The predicted molar refractivity (Wildman–Crippen MR) is 103 cm³/mol. The fourth-order valence-electron chi connectivity index (χ4n) is 3.14. The zero-order chi connectivity index (χ0) is 20.1. The number of rotatable bonds is 7. The van der Waals surface area contributed by atoms with Gasteiger partial charge in [-0.2, -0.15) is 0 Å². The molecule has 28 heavy (non-hydrogen) atoms. The minimum atomic E-state index is -0.672. The van der Waals surface area contributed by atoms with Gasteiger partial charge in [0.25, 0.3) is 5.91 Å². The summed E-state index contributed by atoms with van der Waals surface area (Å²) in [5.74, 6) is -0.290. The smallest absolute Gasteiger partial charge is 0.329 e. The molecule has 1 aromatic carbocycles. The monoisotopic (exact) mass is 403 g/mol. The van der Waals surface area contributed by atoms with E-state index in [0.717, 1.165) is 0 Å². The van der Waals surface area contributed by atoms with Crippen LogP contribution >= 0.6 is 11.3 Å². The number of benzene rings is 1. The van der Waals surface area contributed by atoms with Crippen molar-refractivity contribution >= 4 is 29.0 Å². The molecule has 1 amide bonds. The molecule has 1 saturated heterocycles. The quantitative estimate of drug-likeness (QED) is 0.522. The molecule has 7 nitrogen and oxygen atoms in total. The van der Waals surface area contributed by atoms with Crippen LogP contribution in [0.4, 0.5) is 0 Å². The Balaban J connectivity index is 1.65. The molecule has 0 N–H and O–H groups in total. The number of ketones is 1. The summed E-state index contributed by atoms with van der Waals surface area (Å²) in [5.41, 5.74) is 0.271. The van der Waals surface area contributed by atoms with Gasteiger partial charge in [0, 0.05) is 6.54 Å². The summed E-state index contributed by atoms with van der Waals surface area (Å²) in [6.07, 6.45) is 1.24. The van der Waals surface area contributed by atoms with Gasteiger partial charge in [-0.15, -0.1) is 11.3 Å². The van der Waals surface area contributed by atoms with Crippen molar-refractivity contribution in [2.45, 2.75) is 18.9 Å². The number of Topliss-reactive ketones (excluding diaryl/α,β-unsaturated/α-hetero) is 1. The Morgan fingerprint density at radius 2 is 2.00 bits per heavy atom. The van der Waals surface area contributed by atoms with Crippen molar-refractivity contribution in [3.8, 4) is 11.5 Å². The minimum absolute atomic E-state index is 0.185. The topological polar surface area (TPSA) is 82.1 Å². The van der Waals surface area contributed by atoms with Crippen molar-refractivity contribution in [2.24, 2.45) is 0 Å². The summed E-state index contributed by atoms with van der Waals surface area (Å²) in [6, 6.07) is 7.68. The van der Waals surface area contributed by atoms with Crippen LogP contribution in [0.15, 0.2) is 35.7 Å². The molecule has 1 fully saturated rings. The van der Waals surface area contributed by atoms with E-state index < -0.39 is 24.4 Å². The molecule has 0 aliphatic carbocycles. The third kappa shape index (κ3) is 4.17. The van der Waals surface area contributed by atoms with Crippen LogP contribution < -0.4 is 9.47 Å². The van der Waals surface area contributed by atoms with E-state index in [1.54, 1.807) is 24.3 Å². The molecule has 0 bridgehead atoms. The van der Waals surface area contributed by atoms with Crippen molar-refractivity contribution in [1.82, 2.24) is 4.90 Å². The minimum Gasteiger partial charge on any atom is -0.497 e. The van der Waals surface area contributed by atoms with Gasteiger partial charge in [0.15, 0.2) is 6.61 Å². The van der Waals surface area contributed by atoms with Crippen molar-refractivity contribution in [2.75, 3.05) is 27.4 Å². The van der Waals surface area contributed by atoms with Crippen molar-refractivity contribution in [3.05, 3.63) is 46.2 Å². The molecular formula is C20H21NO6S. The number of hydrogen-bond acceptors (Lipinski definition) is 7. The average Bonchev–Trinajstić information content (AvgIpc) is 3.42. The second-order valence-corrected chi connectivity index (χ2v) is 7.18. The third-order valence-electron chi connectivity index (χ3n) is 4.57. The number of nitrogens with zero attached hydrogens (tertiary/aromatic N) is 1. The summed E-state index contributed by atoms with van der Waals surface area (Å²) in [5, 5.41) is 1.82. The summed E-state index contributed by atoms with van der Waals surface area (Å²) >= 11 is 1.33. The van der Waals surface area contributed by atoms with Gasteiger partial charge in [-0.1, -0.05) is 6.07 Å². The lowest BCUT2D eigenvalue weighted by molar-refractivity contribution is -0.147. The second-order valence-electron chi connectivity index (χ2n) is 6.23. The second kappa shape index (κ2) is 8.88. The fourth-order valence-corrected chi connectivity index (χ4v) is 3.82. The standard InChI is InChI=1S/C20H21NO6S/c1-25-13-7-8-17(26-2)14(11-13)16(22)12-27-20(24)15-5-3-9-21(15)19(23)18-6-4-10-28-18/h4,6-8,10-11,15H,3,5,9,12H2,1-2H3. The molecule has 2 aromatic rings. The molecule has 1 aliphatic heterocycles. The van der Waals surface area contributed by atoms with Crippen molar-refractivity contribution < 1.29 is 28.6 Å². The first-order valence-corrected chi connectivity index (χ1v) is 9.69. The van der Waals surface area contributed by atoms with Crippen LogP contribution in [-0.2, 0) is 9.53 Å². The molecular weight excluding hydrogens is 382 g/mol. The lowest BCUT2D eigenvalue weighted by Crippen LogP contribution is -2.41. The SMILES string of the molecule is COc1ccc(OC)c(C(=O)COC(=O)C2CCCN2C(=O)c2cccs2)c1. The molecule has 3 rings (SSSR count). The van der Waals surface area contributed by atoms with Crippen LogP contribution in [0.3, 0.4) is 0 Å². The number of hydrogen-bond donors (Lipinski definition) is 0. The number of thiophene rings is 1. The van der Waals surface area contributed by atoms with E-state index in [-0.39, 0.29) is 11.5 Å². The Labute approximate surface area is 166 Å². The Kier molecular flexibility index (Phi) is 6.30. The lowest BCUT2D eigenvalue weighted by atomic mass is 10.1. The molecule has 8 heteroatoms. The van der Waals surface area contributed by atoms with Gasteiger partial charge in [0.1, 0.15) is 17.5 Å². The number of methoxy groups -OCH3 is 2. The van der Waals surface area contributed by atoms with Gasteiger partial charge in [0.2, 0.25) is 5.78 Å². The van der Waals surface area contributed by atoms with Crippen LogP contribution in [0.2, 0.25) is 0 Å². The van der Waals surface area contributed by atoms with Gasteiger partial charge in [0.05, 0.1) is 24.7 Å². The maximum Gasteiger partial charge on any atom is 0.329 e. The highest BCUT2D eigenvalue weighted by atomic mass is 32.1. The fraction of sp³-hybridized carbons (Fsp3) is 0.350. The van der Waals surface area contributed by atoms with Crippen LogP contribution in [0.5, 0.6) is 11.5 Å². The summed E-state index contributed by atoms with van der Waals surface area (Å²) < 4.78 is 15.6. The normalized spacial score (nSPS) is 15.9. The van der Waals surface area contributed by atoms with E-state index in [0.29, 0.717) is 35.8 Å². The summed E-state index contributed by atoms with van der Waals surface area (Å²) in [4.78, 5) is 39.7. The van der Waals surface area contributed by atoms with Crippen LogP contribution in [0, 0.1) is 0 Å². The zero-order valence-electron chi connectivity index (χ0n) is 15.7. The first-order chi connectivity index (χ1) is 13.5. The van der Waals surface area contributed by atoms with Crippen LogP contribution in [0.1, 0.15) is 32.9 Å². The largest absolute Gasteiger partial charge is 0.497 e. The van der Waals surface area contributed by atoms with Gasteiger partial charge >= 0.3 is 5.97 Å². The number of likely N-dealkylation sites (tertiary alicyclic amines) is 1. The highest BCUT2D eigenvalue weighted by Crippen LogP contribution is 2.26. The molecule has 0 spiro atoms. The number of esters is 1. The average molecular weight is 403 g/mol. The third-order valence-corrected chi connectivity index (χ3v) is 5.43. The van der Waals surface area contributed by atoms with Crippen molar-refractivity contribution in [3.63, 3.8) is 0 Å². The first kappa shape index (κ1) is 19.9. The number of carbonyl (C=O) groups excluding carboxylic acids is 3. The maximum absolute atomic E-state index is 12.6. The molecule has 2 heterocycles. The molecule has 0 radical (unpaired) electrons. The Morgan fingerprint density at radius 1 is 1.18 bits per heavy atom. The highest BCUT2D eigenvalue weighted by Gasteiger charge is 2.36. The van der Waals surface area contributed by atoms with E-state index in [1.165, 1.54) is 36.5 Å².